The van der Waals surface area contributed by atoms with Crippen molar-refractivity contribution < 1.29 is 14.3 Å². The van der Waals surface area contributed by atoms with E-state index in [9.17, 15) is 9.59 Å². The lowest BCUT2D eigenvalue weighted by atomic mass is 9.90. The molecule has 1 aromatic rings. The molecule has 1 aromatic carbocycles. The number of ketones is 1. The highest BCUT2D eigenvalue weighted by molar-refractivity contribution is 5.93. The van der Waals surface area contributed by atoms with Gasteiger partial charge in [-0.15, -0.1) is 0 Å². The van der Waals surface area contributed by atoms with Crippen molar-refractivity contribution in [1.29, 1.82) is 0 Å². The third kappa shape index (κ3) is 6.26. The molecule has 0 saturated carbocycles. The summed E-state index contributed by atoms with van der Waals surface area (Å²) in [4.78, 5) is 28.2. The van der Waals surface area contributed by atoms with Crippen molar-refractivity contribution in [3.05, 3.63) is 29.8 Å². The maximum Gasteiger partial charge on any atom is 0.248 e. The summed E-state index contributed by atoms with van der Waals surface area (Å²) < 4.78 is 6.11. The van der Waals surface area contributed by atoms with Crippen LogP contribution in [0.15, 0.2) is 24.3 Å². The van der Waals surface area contributed by atoms with Gasteiger partial charge in [0.2, 0.25) is 5.91 Å². The molecular weight excluding hydrogens is 368 g/mol. The van der Waals surface area contributed by atoms with Crippen LogP contribution in [0.2, 0.25) is 0 Å². The Morgan fingerprint density at radius 2 is 1.66 bits per heavy atom. The number of hydrogen-bond acceptors (Lipinski definition) is 6. The summed E-state index contributed by atoms with van der Waals surface area (Å²) in [5.41, 5.74) is 6.49. The number of amides is 1. The number of anilines is 1. The van der Waals surface area contributed by atoms with Gasteiger partial charge in [0.05, 0.1) is 18.8 Å². The van der Waals surface area contributed by atoms with Crippen LogP contribution < -0.4 is 11.1 Å². The van der Waals surface area contributed by atoms with Crippen molar-refractivity contribution in [3.63, 3.8) is 0 Å². The topological polar surface area (TPSA) is 87.9 Å². The number of morpholine rings is 2. The summed E-state index contributed by atoms with van der Waals surface area (Å²) in [5, 5.41) is 3.39. The normalized spacial score (nSPS) is 23.0. The first-order valence-corrected chi connectivity index (χ1v) is 10.5. The molecule has 3 rings (SSSR count). The maximum atomic E-state index is 12.3. The Morgan fingerprint density at radius 1 is 1.07 bits per heavy atom. The minimum atomic E-state index is -0.407. The molecule has 3 N–H and O–H groups in total. The first kappa shape index (κ1) is 21.7. The summed E-state index contributed by atoms with van der Waals surface area (Å²) in [6.07, 6.45) is 1.40. The van der Waals surface area contributed by atoms with E-state index < -0.39 is 5.91 Å². The molecule has 7 heteroatoms. The Bertz CT molecular complexity index is 700. The molecule has 29 heavy (non-hydrogen) atoms. The molecule has 0 aromatic heterocycles. The second-order valence-corrected chi connectivity index (χ2v) is 9.23. The number of carbonyl (C=O) groups is 2. The molecule has 1 amide bonds. The van der Waals surface area contributed by atoms with Gasteiger partial charge < -0.3 is 15.8 Å². The molecule has 2 aliphatic rings. The molecule has 2 unspecified atom stereocenters. The SMILES string of the molecule is CC(C)(C)C(=O)CN1CC2CN(CCCNc3ccc(C(N)=O)cc3)CC(C1)O2. The van der Waals surface area contributed by atoms with Gasteiger partial charge in [-0.05, 0) is 30.7 Å². The predicted molar refractivity (Wildman–Crippen MR) is 114 cm³/mol. The van der Waals surface area contributed by atoms with E-state index in [0.29, 0.717) is 17.9 Å². The fourth-order valence-electron chi connectivity index (χ4n) is 3.90. The number of primary amides is 1. The zero-order chi connectivity index (χ0) is 21.0. The van der Waals surface area contributed by atoms with Crippen LogP contribution in [0.1, 0.15) is 37.6 Å². The Labute approximate surface area is 173 Å². The molecule has 7 nitrogen and oxygen atoms in total. The molecule has 2 bridgehead atoms. The van der Waals surface area contributed by atoms with Crippen LogP contribution in [0.5, 0.6) is 0 Å². The molecule has 2 heterocycles. The molecule has 2 fully saturated rings. The van der Waals surface area contributed by atoms with Gasteiger partial charge in [0.25, 0.3) is 0 Å². The molecule has 2 saturated heterocycles. The lowest BCUT2D eigenvalue weighted by Crippen LogP contribution is -2.60. The summed E-state index contributed by atoms with van der Waals surface area (Å²) in [6, 6.07) is 7.24. The van der Waals surface area contributed by atoms with Gasteiger partial charge in [-0.3, -0.25) is 19.4 Å². The van der Waals surface area contributed by atoms with Gasteiger partial charge in [-0.25, -0.2) is 0 Å². The second kappa shape index (κ2) is 9.24. The van der Waals surface area contributed by atoms with E-state index in [0.717, 1.165) is 51.4 Å². The minimum Gasteiger partial charge on any atom is -0.385 e. The van der Waals surface area contributed by atoms with Crippen molar-refractivity contribution in [1.82, 2.24) is 9.80 Å². The number of carbonyl (C=O) groups excluding carboxylic acids is 2. The smallest absolute Gasteiger partial charge is 0.248 e. The van der Waals surface area contributed by atoms with Crippen molar-refractivity contribution in [2.24, 2.45) is 11.1 Å². The van der Waals surface area contributed by atoms with E-state index in [4.69, 9.17) is 10.5 Å². The summed E-state index contributed by atoms with van der Waals surface area (Å²) >= 11 is 0. The highest BCUT2D eigenvalue weighted by atomic mass is 16.5. The average molecular weight is 403 g/mol. The molecule has 0 aliphatic carbocycles. The zero-order valence-corrected chi connectivity index (χ0v) is 17.8. The van der Waals surface area contributed by atoms with Crippen LogP contribution in [-0.2, 0) is 9.53 Å². The molecule has 2 atom stereocenters. The van der Waals surface area contributed by atoms with Crippen LogP contribution in [0.25, 0.3) is 0 Å². The van der Waals surface area contributed by atoms with Gasteiger partial charge in [-0.1, -0.05) is 20.8 Å². The third-order valence-corrected chi connectivity index (χ3v) is 5.59. The second-order valence-electron chi connectivity index (χ2n) is 9.23. The van der Waals surface area contributed by atoms with Crippen LogP contribution >= 0.6 is 0 Å². The predicted octanol–water partition coefficient (Wildman–Crippen LogP) is 1.59. The Kier molecular flexibility index (Phi) is 6.93. The van der Waals surface area contributed by atoms with Crippen molar-refractivity contribution >= 4 is 17.4 Å². The number of nitrogens with zero attached hydrogens (tertiary/aromatic N) is 2. The summed E-state index contributed by atoms with van der Waals surface area (Å²) in [7, 11) is 0. The third-order valence-electron chi connectivity index (χ3n) is 5.59. The number of fused-ring (bicyclic) bond motifs is 2. The fourth-order valence-corrected chi connectivity index (χ4v) is 3.90. The van der Waals surface area contributed by atoms with E-state index in [-0.39, 0.29) is 17.6 Å². The number of rotatable bonds is 8. The first-order chi connectivity index (χ1) is 13.7. The van der Waals surface area contributed by atoms with Gasteiger partial charge >= 0.3 is 0 Å². The Morgan fingerprint density at radius 3 is 2.21 bits per heavy atom. The lowest BCUT2D eigenvalue weighted by molar-refractivity contribution is -0.147. The van der Waals surface area contributed by atoms with Crippen molar-refractivity contribution in [3.8, 4) is 0 Å². The first-order valence-electron chi connectivity index (χ1n) is 10.5. The molecule has 160 valence electrons. The molecular formula is C22H34N4O3. The zero-order valence-electron chi connectivity index (χ0n) is 17.8. The number of ether oxygens (including phenoxy) is 1. The summed E-state index contributed by atoms with van der Waals surface area (Å²) in [6.45, 7) is 11.9. The molecule has 0 spiro atoms. The van der Waals surface area contributed by atoms with Crippen LogP contribution in [0.4, 0.5) is 5.69 Å². The summed E-state index contributed by atoms with van der Waals surface area (Å²) in [5.74, 6) is -0.111. The largest absolute Gasteiger partial charge is 0.385 e. The van der Waals surface area contributed by atoms with Gasteiger partial charge in [0, 0.05) is 55.9 Å². The number of benzene rings is 1. The molecule has 0 radical (unpaired) electrons. The van der Waals surface area contributed by atoms with E-state index in [1.807, 2.05) is 32.9 Å². The number of Topliss-reactive ketones (excluding diaryl/α,β-unsaturated/α-hetero) is 1. The van der Waals surface area contributed by atoms with Crippen LogP contribution in [0, 0.1) is 5.41 Å². The lowest BCUT2D eigenvalue weighted by Gasteiger charge is -2.46. The standard InChI is InChI=1S/C22H34N4O3/c1-22(2,3)20(27)15-26-13-18-11-25(12-19(14-26)29-18)10-4-9-24-17-7-5-16(6-8-17)21(23)28/h5-8,18-19,24H,4,9-15H2,1-3H3,(H2,23,28). The highest BCUT2D eigenvalue weighted by Gasteiger charge is 2.36. The van der Waals surface area contributed by atoms with Gasteiger partial charge in [0.15, 0.2) is 5.78 Å². The van der Waals surface area contributed by atoms with E-state index in [1.165, 1.54) is 0 Å². The van der Waals surface area contributed by atoms with Crippen molar-refractivity contribution in [2.75, 3.05) is 51.1 Å². The number of hydrogen-bond donors (Lipinski definition) is 2. The van der Waals surface area contributed by atoms with Crippen LogP contribution in [0.3, 0.4) is 0 Å². The van der Waals surface area contributed by atoms with E-state index in [2.05, 4.69) is 15.1 Å². The van der Waals surface area contributed by atoms with E-state index >= 15 is 0 Å². The molecule has 2 aliphatic heterocycles. The quantitative estimate of drug-likeness (QED) is 0.642. The fraction of sp³-hybridized carbons (Fsp3) is 0.636. The minimum absolute atomic E-state index is 0.185. The number of nitrogens with one attached hydrogen (secondary N) is 1. The van der Waals surface area contributed by atoms with E-state index in [1.54, 1.807) is 12.1 Å². The van der Waals surface area contributed by atoms with Gasteiger partial charge in [0.1, 0.15) is 0 Å². The average Bonchev–Trinajstić information content (AvgIpc) is 2.64. The monoisotopic (exact) mass is 402 g/mol. The van der Waals surface area contributed by atoms with Crippen LogP contribution in [-0.4, -0.2) is 79.5 Å². The Balaban J connectivity index is 1.38. The van der Waals surface area contributed by atoms with Crippen molar-refractivity contribution in [2.45, 2.75) is 39.4 Å². The highest BCUT2D eigenvalue weighted by Crippen LogP contribution is 2.21. The maximum absolute atomic E-state index is 12.3. The van der Waals surface area contributed by atoms with Gasteiger partial charge in [-0.2, -0.15) is 0 Å². The number of nitrogens with two attached hydrogens (primary N) is 1. The Hall–Kier alpha value is -1.96.